The van der Waals surface area contributed by atoms with Gasteiger partial charge in [-0.1, -0.05) is 18.5 Å². The van der Waals surface area contributed by atoms with Crippen LogP contribution in [0.4, 0.5) is 0 Å². The molecule has 5 heteroatoms. The Bertz CT molecular complexity index is 258. The van der Waals surface area contributed by atoms with Crippen LogP contribution in [0.25, 0.3) is 0 Å². The van der Waals surface area contributed by atoms with Gasteiger partial charge in [-0.2, -0.15) is 4.98 Å². The van der Waals surface area contributed by atoms with Crippen LogP contribution in [0.15, 0.2) is 4.52 Å². The van der Waals surface area contributed by atoms with Crippen LogP contribution in [-0.4, -0.2) is 23.8 Å². The van der Waals surface area contributed by atoms with E-state index in [0.29, 0.717) is 12.4 Å². The Kier molecular flexibility index (Phi) is 4.55. The number of aromatic nitrogens is 2. The third-order valence-electron chi connectivity index (χ3n) is 2.01. The minimum Gasteiger partial charge on any atom is -0.370 e. The molecule has 0 aliphatic carbocycles. The van der Waals surface area contributed by atoms with Crippen LogP contribution < -0.4 is 5.73 Å². The average molecular weight is 199 g/mol. The summed E-state index contributed by atoms with van der Waals surface area (Å²) in [6, 6.07) is 0. The number of nitrogens with two attached hydrogens (primary N) is 1. The number of nitrogens with zero attached hydrogens (tertiary/aromatic N) is 2. The standard InChI is InChI=1S/C9H17N3O2/c1-3-4-5-8-11-9(14-12-8)7(6-10)13-2/h7H,3-6,10H2,1-2H3. The van der Waals surface area contributed by atoms with E-state index in [-0.39, 0.29) is 6.10 Å². The number of hydrogen-bond donors (Lipinski definition) is 1. The molecule has 0 saturated heterocycles. The molecule has 14 heavy (non-hydrogen) atoms. The molecule has 80 valence electrons. The zero-order valence-electron chi connectivity index (χ0n) is 8.69. The van der Waals surface area contributed by atoms with Gasteiger partial charge >= 0.3 is 0 Å². The molecule has 1 heterocycles. The summed E-state index contributed by atoms with van der Waals surface area (Å²) in [7, 11) is 1.58. The monoisotopic (exact) mass is 199 g/mol. The number of rotatable bonds is 6. The maximum atomic E-state index is 5.47. The van der Waals surface area contributed by atoms with E-state index in [0.717, 1.165) is 25.1 Å². The molecule has 1 atom stereocenters. The number of ether oxygens (including phenoxy) is 1. The fraction of sp³-hybridized carbons (Fsp3) is 0.778. The van der Waals surface area contributed by atoms with Crippen molar-refractivity contribution in [2.24, 2.45) is 5.73 Å². The van der Waals surface area contributed by atoms with Crippen molar-refractivity contribution in [1.29, 1.82) is 0 Å². The molecule has 1 aromatic heterocycles. The first-order valence-electron chi connectivity index (χ1n) is 4.87. The second-order valence-corrected chi connectivity index (χ2v) is 3.11. The highest BCUT2D eigenvalue weighted by molar-refractivity contribution is 4.90. The van der Waals surface area contributed by atoms with Crippen molar-refractivity contribution < 1.29 is 9.26 Å². The van der Waals surface area contributed by atoms with Gasteiger partial charge < -0.3 is 15.0 Å². The SMILES string of the molecule is CCCCc1noc(C(CN)OC)n1. The zero-order valence-corrected chi connectivity index (χ0v) is 8.69. The molecule has 5 nitrogen and oxygen atoms in total. The van der Waals surface area contributed by atoms with E-state index in [1.807, 2.05) is 0 Å². The molecule has 0 fully saturated rings. The first-order valence-corrected chi connectivity index (χ1v) is 4.87. The van der Waals surface area contributed by atoms with Crippen LogP contribution in [0, 0.1) is 0 Å². The maximum Gasteiger partial charge on any atom is 0.257 e. The number of methoxy groups -OCH3 is 1. The number of hydrogen-bond acceptors (Lipinski definition) is 5. The van der Waals surface area contributed by atoms with Gasteiger partial charge in [0.15, 0.2) is 5.82 Å². The molecule has 1 rings (SSSR count). The van der Waals surface area contributed by atoms with Gasteiger partial charge in [-0.05, 0) is 6.42 Å². The van der Waals surface area contributed by atoms with Gasteiger partial charge in [0.1, 0.15) is 6.10 Å². The molecule has 0 bridgehead atoms. The highest BCUT2D eigenvalue weighted by Crippen LogP contribution is 2.13. The van der Waals surface area contributed by atoms with Crippen LogP contribution in [0.2, 0.25) is 0 Å². The Hall–Kier alpha value is -0.940. The summed E-state index contributed by atoms with van der Waals surface area (Å²) in [5.41, 5.74) is 5.47. The van der Waals surface area contributed by atoms with Crippen molar-refractivity contribution >= 4 is 0 Å². The van der Waals surface area contributed by atoms with Crippen LogP contribution in [0.5, 0.6) is 0 Å². The lowest BCUT2D eigenvalue weighted by atomic mass is 10.2. The van der Waals surface area contributed by atoms with Crippen molar-refractivity contribution in [1.82, 2.24) is 10.1 Å². The molecule has 1 unspecified atom stereocenters. The molecule has 0 spiro atoms. The van der Waals surface area contributed by atoms with Gasteiger partial charge in [0.25, 0.3) is 5.89 Å². The highest BCUT2D eigenvalue weighted by Gasteiger charge is 2.16. The third kappa shape index (κ3) is 2.78. The Morgan fingerprint density at radius 1 is 1.57 bits per heavy atom. The number of aryl methyl sites for hydroxylation is 1. The second-order valence-electron chi connectivity index (χ2n) is 3.11. The fourth-order valence-corrected chi connectivity index (χ4v) is 1.13. The predicted molar refractivity (Wildman–Crippen MR) is 51.7 cm³/mol. The average Bonchev–Trinajstić information content (AvgIpc) is 2.65. The Labute approximate surface area is 83.6 Å². The van der Waals surface area contributed by atoms with Gasteiger partial charge in [0, 0.05) is 20.1 Å². The van der Waals surface area contributed by atoms with Crippen molar-refractivity contribution in [3.05, 3.63) is 11.7 Å². The lowest BCUT2D eigenvalue weighted by Crippen LogP contribution is -2.14. The highest BCUT2D eigenvalue weighted by atomic mass is 16.5. The summed E-state index contributed by atoms with van der Waals surface area (Å²) < 4.78 is 10.1. The van der Waals surface area contributed by atoms with E-state index < -0.39 is 0 Å². The molecule has 0 saturated carbocycles. The van der Waals surface area contributed by atoms with Gasteiger partial charge in [-0.15, -0.1) is 0 Å². The summed E-state index contributed by atoms with van der Waals surface area (Å²) in [5.74, 6) is 1.21. The lowest BCUT2D eigenvalue weighted by molar-refractivity contribution is 0.0804. The van der Waals surface area contributed by atoms with Crippen LogP contribution in [-0.2, 0) is 11.2 Å². The van der Waals surface area contributed by atoms with E-state index >= 15 is 0 Å². The molecule has 0 amide bonds. The first-order chi connectivity index (χ1) is 6.81. The van der Waals surface area contributed by atoms with E-state index in [2.05, 4.69) is 17.1 Å². The summed E-state index contributed by atoms with van der Waals surface area (Å²) in [4.78, 5) is 4.21. The quantitative estimate of drug-likeness (QED) is 0.741. The molecule has 2 N–H and O–H groups in total. The van der Waals surface area contributed by atoms with Gasteiger partial charge in [0.2, 0.25) is 0 Å². The van der Waals surface area contributed by atoms with E-state index in [1.165, 1.54) is 0 Å². The van der Waals surface area contributed by atoms with Crippen LogP contribution in [0.1, 0.15) is 37.6 Å². The summed E-state index contributed by atoms with van der Waals surface area (Å²) in [6.45, 7) is 2.48. The van der Waals surface area contributed by atoms with Crippen molar-refractivity contribution in [3.8, 4) is 0 Å². The van der Waals surface area contributed by atoms with E-state index in [9.17, 15) is 0 Å². The Morgan fingerprint density at radius 3 is 2.93 bits per heavy atom. The fourth-order valence-electron chi connectivity index (χ4n) is 1.13. The van der Waals surface area contributed by atoms with Crippen molar-refractivity contribution in [3.63, 3.8) is 0 Å². The Morgan fingerprint density at radius 2 is 2.36 bits per heavy atom. The second kappa shape index (κ2) is 5.72. The normalized spacial score (nSPS) is 13.1. The maximum absolute atomic E-state index is 5.47. The van der Waals surface area contributed by atoms with Crippen molar-refractivity contribution in [2.75, 3.05) is 13.7 Å². The van der Waals surface area contributed by atoms with E-state index in [4.69, 9.17) is 15.0 Å². The topological polar surface area (TPSA) is 74.2 Å². The summed E-state index contributed by atoms with van der Waals surface area (Å²) >= 11 is 0. The summed E-state index contributed by atoms with van der Waals surface area (Å²) in [6.07, 6.45) is 2.76. The molecule has 0 aliphatic heterocycles. The molecule has 0 aliphatic rings. The zero-order chi connectivity index (χ0) is 10.4. The minimum absolute atomic E-state index is 0.280. The van der Waals surface area contributed by atoms with Crippen LogP contribution >= 0.6 is 0 Å². The molecule has 1 aromatic rings. The first kappa shape index (κ1) is 11.1. The largest absolute Gasteiger partial charge is 0.370 e. The lowest BCUT2D eigenvalue weighted by Gasteiger charge is -2.05. The van der Waals surface area contributed by atoms with Gasteiger partial charge in [-0.25, -0.2) is 0 Å². The minimum atomic E-state index is -0.280. The third-order valence-corrected chi connectivity index (χ3v) is 2.01. The Balaban J connectivity index is 2.57. The predicted octanol–water partition coefficient (Wildman–Crippen LogP) is 1.06. The molecule has 0 aromatic carbocycles. The van der Waals surface area contributed by atoms with Gasteiger partial charge in [0.05, 0.1) is 0 Å². The summed E-state index contributed by atoms with van der Waals surface area (Å²) in [5, 5.41) is 3.85. The van der Waals surface area contributed by atoms with Crippen molar-refractivity contribution in [2.45, 2.75) is 32.3 Å². The van der Waals surface area contributed by atoms with E-state index in [1.54, 1.807) is 7.11 Å². The van der Waals surface area contributed by atoms with Gasteiger partial charge in [-0.3, -0.25) is 0 Å². The number of unbranched alkanes of at least 4 members (excludes halogenated alkanes) is 1. The molecular weight excluding hydrogens is 182 g/mol. The molecule has 0 radical (unpaired) electrons. The molecular formula is C9H17N3O2. The van der Waals surface area contributed by atoms with Crippen LogP contribution in [0.3, 0.4) is 0 Å². The smallest absolute Gasteiger partial charge is 0.257 e.